The van der Waals surface area contributed by atoms with Crippen molar-refractivity contribution in [2.45, 2.75) is 93.5 Å². The van der Waals surface area contributed by atoms with E-state index in [4.69, 9.17) is 38.0 Å². The average molecular weight is 1120 g/mol. The van der Waals surface area contributed by atoms with Crippen LogP contribution >= 0.6 is 15.6 Å². The van der Waals surface area contributed by atoms with Crippen LogP contribution in [0.2, 0.25) is 0 Å². The molecule has 27 nitrogen and oxygen atoms in total. The second kappa shape index (κ2) is 22.8. The Hall–Kier alpha value is -6.36. The van der Waals surface area contributed by atoms with Gasteiger partial charge in [-0.15, -0.1) is 0 Å². The number of H-pyrrole nitrogens is 1. The lowest BCUT2D eigenvalue weighted by Crippen LogP contribution is -2.41. The number of nitrogen functional groups attached to an aromatic ring is 1. The summed E-state index contributed by atoms with van der Waals surface area (Å²) in [4.78, 5) is 74.8. The second-order valence-electron chi connectivity index (χ2n) is 18.8. The van der Waals surface area contributed by atoms with Gasteiger partial charge in [-0.1, -0.05) is 61.2 Å². The number of carbonyl (C=O) groups excluding carboxylic acids is 1. The van der Waals surface area contributed by atoms with Gasteiger partial charge in [0.05, 0.1) is 45.0 Å². The molecule has 8 N–H and O–H groups in total. The fourth-order valence-electron chi connectivity index (χ4n) is 9.81. The number of fused-ring (bicyclic) bond motifs is 1. The maximum absolute atomic E-state index is 12.3. The Bertz CT molecular complexity index is 3580. The lowest BCUT2D eigenvalue weighted by atomic mass is 9.91. The van der Waals surface area contributed by atoms with Crippen molar-refractivity contribution in [3.05, 3.63) is 131 Å². The number of ether oxygens (including phenoxy) is 3. The maximum atomic E-state index is 12.3. The molecule has 0 bridgehead atoms. The maximum Gasteiger partial charge on any atom is 0.330 e. The quantitative estimate of drug-likeness (QED) is 0.0358. The van der Waals surface area contributed by atoms with Crippen LogP contribution in [0.5, 0.6) is 0 Å². The summed E-state index contributed by atoms with van der Waals surface area (Å²) in [5, 5.41) is 51.4. The zero-order valence-electron chi connectivity index (χ0n) is 41.2. The summed E-state index contributed by atoms with van der Waals surface area (Å²) in [6, 6.07) is 20.4. The van der Waals surface area contributed by atoms with Crippen LogP contribution in [-0.2, 0) is 52.7 Å². The smallest absolute Gasteiger partial charge is 0.330 e. The molecular weight excluding hydrogens is 1060 g/mol. The van der Waals surface area contributed by atoms with Gasteiger partial charge in [-0.3, -0.25) is 32.8 Å². The highest BCUT2D eigenvalue weighted by molar-refractivity contribution is 7.46. The largest absolute Gasteiger partial charge is 0.756 e. The van der Waals surface area contributed by atoms with Crippen molar-refractivity contribution in [3.63, 3.8) is 0 Å². The molecule has 0 saturated carbocycles. The number of rotatable bonds is 18. The fraction of sp³-hybridized carbons (Fsp3) is 0.388. The Kier molecular flexibility index (Phi) is 16.1. The zero-order chi connectivity index (χ0) is 55.0. The van der Waals surface area contributed by atoms with Crippen LogP contribution in [0.1, 0.15) is 43.7 Å². The summed E-state index contributed by atoms with van der Waals surface area (Å²) in [6.45, 7) is 2.04. The first-order valence-corrected chi connectivity index (χ1v) is 27.5. The molecule has 3 fully saturated rings. The van der Waals surface area contributed by atoms with Crippen LogP contribution in [0.25, 0.3) is 43.5 Å². The molecule has 4 aromatic carbocycles. The number of nitrogens with two attached hydrogens (primary N) is 1. The average Bonchev–Trinajstić information content (AvgIpc) is 4.32. The van der Waals surface area contributed by atoms with E-state index in [0.717, 1.165) is 23.5 Å². The predicted molar refractivity (Wildman–Crippen MR) is 271 cm³/mol. The minimum absolute atomic E-state index is 0.00140. The normalized spacial score (nSPS) is 26.9. The number of aromatic nitrogens is 6. The molecule has 0 radical (unpaired) electrons. The standard InChI is InChI=1S/C30H31N2O7P.C19H24N7O11P/c1-19-31-27(34)14-15-32(19)28-17-25(33)26(39-28)18-38-40(35,36)37-16-3-2-5-20-8-9-23-11-10-21-6-4-7-22-12-13-24(20)30(23)29(21)22;20-16-13-17(22-6-21-16)26(7-23-13)18-15(30)14(29)10(37-18)5-35-38(32,33)34-4-9-8(27)3-12(36-9)25-2-1-11(28)24-19(25)31/h4,6-15,25-26,28,33H,1-3,5,16-18H2,(H,31,34)(H,35,36);1-2,6-10,12,14-15,18,27,29-30H,3-5H2,(H,32,33)(H2,20,21,22)(H,24,28,31)/p-2/t25?,26-,28-;8?,9-,10?,12-,14+,15+,18?/m11/s1. The van der Waals surface area contributed by atoms with E-state index >= 15 is 0 Å². The van der Waals surface area contributed by atoms with Crippen LogP contribution in [0.4, 0.5) is 5.82 Å². The van der Waals surface area contributed by atoms with Gasteiger partial charge in [-0.05, 0) is 57.1 Å². The van der Waals surface area contributed by atoms with Gasteiger partial charge >= 0.3 is 5.69 Å². The van der Waals surface area contributed by atoms with Crippen LogP contribution in [0.15, 0.2) is 114 Å². The summed E-state index contributed by atoms with van der Waals surface area (Å²) in [5.41, 5.74) is 6.08. The summed E-state index contributed by atoms with van der Waals surface area (Å²) in [6.07, 6.45) is -2.50. The van der Waals surface area contributed by atoms with Gasteiger partial charge in [0.2, 0.25) is 0 Å². The van der Waals surface area contributed by atoms with E-state index in [1.54, 1.807) is 4.90 Å². The number of aliphatic hydroxyl groups excluding tert-OH is 4. The van der Waals surface area contributed by atoms with Gasteiger partial charge in [-0.25, -0.2) is 19.7 Å². The fourth-order valence-corrected chi connectivity index (χ4v) is 11.3. The van der Waals surface area contributed by atoms with Crippen molar-refractivity contribution in [1.82, 2.24) is 39.3 Å². The number of aromatic amines is 1. The first kappa shape index (κ1) is 55.0. The van der Waals surface area contributed by atoms with Crippen molar-refractivity contribution < 1.29 is 76.4 Å². The van der Waals surface area contributed by atoms with Gasteiger partial charge in [0.15, 0.2) is 17.7 Å². The molecule has 3 aromatic heterocycles. The molecule has 0 aliphatic carbocycles. The number of unbranched alkanes of at least 4 members (excludes halogenated alkanes) is 1. The van der Waals surface area contributed by atoms with E-state index in [1.807, 2.05) is 0 Å². The van der Waals surface area contributed by atoms with E-state index in [0.29, 0.717) is 12.2 Å². The predicted octanol–water partition coefficient (Wildman–Crippen LogP) is 1.03. The molecule has 0 spiro atoms. The number of anilines is 1. The molecule has 4 aliphatic heterocycles. The number of nitrogens with one attached hydrogen (secondary N) is 2. The molecule has 78 heavy (non-hydrogen) atoms. The molecule has 414 valence electrons. The molecule has 11 rings (SSSR count). The third-order valence-corrected chi connectivity index (χ3v) is 15.6. The molecule has 1 amide bonds. The summed E-state index contributed by atoms with van der Waals surface area (Å²) in [7, 11) is -9.57. The number of nitrogens with zero attached hydrogens (tertiary/aromatic N) is 6. The number of phosphoric ester groups is 2. The van der Waals surface area contributed by atoms with E-state index < -0.39 is 102 Å². The van der Waals surface area contributed by atoms with Gasteiger partial charge in [0, 0.05) is 37.4 Å². The summed E-state index contributed by atoms with van der Waals surface area (Å²) in [5.74, 6) is 0.103. The topological polar surface area (TPSA) is 383 Å². The van der Waals surface area contributed by atoms with Crippen LogP contribution < -0.4 is 32.1 Å². The minimum atomic E-state index is -4.99. The Morgan fingerprint density at radius 3 is 2.09 bits per heavy atom. The molecule has 4 aliphatic rings. The molecule has 7 aromatic rings. The first-order chi connectivity index (χ1) is 37.3. The monoisotopic (exact) mass is 1120 g/mol. The molecule has 3 saturated heterocycles. The molecule has 6 unspecified atom stereocenters. The lowest BCUT2D eigenvalue weighted by molar-refractivity contribution is -0.232. The summed E-state index contributed by atoms with van der Waals surface area (Å²) >= 11 is 0. The molecule has 12 atom stereocenters. The number of hydrogen-bond donors (Lipinski definition) is 7. The molecule has 7 heterocycles. The van der Waals surface area contributed by atoms with Gasteiger partial charge in [0.25, 0.3) is 27.1 Å². The van der Waals surface area contributed by atoms with Crippen molar-refractivity contribution in [2.24, 2.45) is 0 Å². The highest BCUT2D eigenvalue weighted by atomic mass is 31.2. The number of hydrogen-bond acceptors (Lipinski definition) is 23. The van der Waals surface area contributed by atoms with Gasteiger partial charge in [-0.2, -0.15) is 0 Å². The SMILES string of the molecule is C=C1NC(=O)C=CN1[C@H]1CC(O)[C@@H](COP(=O)([O-])OCCCCc2ccc3ccc4cccc5ccc2c3c45)O1.Nc1ncnc2c1ncn2C1OC(COP(=O)([O-])OC[C@H]2O[C@@H](n3ccc(=O)[nH]c3=O)CC2O)[C@H](O)[C@@H]1O. The number of amides is 1. The van der Waals surface area contributed by atoms with E-state index in [1.165, 1.54) is 73.6 Å². The van der Waals surface area contributed by atoms with Crippen LogP contribution in [0, 0.1) is 0 Å². The highest BCUT2D eigenvalue weighted by Gasteiger charge is 2.45. The number of carbonyl (C=O) groups is 1. The number of aliphatic hydroxyl groups is 4. The summed E-state index contributed by atoms with van der Waals surface area (Å²) < 4.78 is 63.6. The Balaban J connectivity index is 0.000000177. The van der Waals surface area contributed by atoms with Gasteiger partial charge < -0.3 is 78.5 Å². The Morgan fingerprint density at radius 2 is 1.38 bits per heavy atom. The zero-order valence-corrected chi connectivity index (χ0v) is 43.0. The number of aryl methyl sites for hydroxylation is 1. The number of benzene rings is 4. The number of imidazole rings is 1. The second-order valence-corrected chi connectivity index (χ2v) is 21.6. The van der Waals surface area contributed by atoms with Crippen molar-refractivity contribution in [3.8, 4) is 0 Å². The number of phosphoric acid groups is 2. The van der Waals surface area contributed by atoms with Crippen LogP contribution in [-0.4, -0.2) is 136 Å². The Labute approximate surface area is 441 Å². The highest BCUT2D eigenvalue weighted by Crippen LogP contribution is 2.43. The Morgan fingerprint density at radius 1 is 0.744 bits per heavy atom. The lowest BCUT2D eigenvalue weighted by Gasteiger charge is -2.31. The van der Waals surface area contributed by atoms with Gasteiger partial charge in [0.1, 0.15) is 60.6 Å². The molecule has 29 heteroatoms. The third kappa shape index (κ3) is 11.8. The van der Waals surface area contributed by atoms with E-state index in [-0.39, 0.29) is 48.9 Å². The van der Waals surface area contributed by atoms with Crippen LogP contribution in [0.3, 0.4) is 0 Å². The third-order valence-electron chi connectivity index (χ3n) is 13.7. The van der Waals surface area contributed by atoms with Crippen molar-refractivity contribution in [1.29, 1.82) is 0 Å². The molecular formula is C49H53N9O18P2-2. The van der Waals surface area contributed by atoms with Crippen molar-refractivity contribution >= 4 is 70.9 Å². The first-order valence-electron chi connectivity index (χ1n) is 24.6. The van der Waals surface area contributed by atoms with Crippen molar-refractivity contribution in [2.75, 3.05) is 32.2 Å². The minimum Gasteiger partial charge on any atom is -0.756 e. The van der Waals surface area contributed by atoms with E-state index in [2.05, 4.69) is 86.4 Å². The van der Waals surface area contributed by atoms with E-state index in [9.17, 15) is 53.7 Å².